The summed E-state index contributed by atoms with van der Waals surface area (Å²) < 4.78 is 19.2. The fourth-order valence-electron chi connectivity index (χ4n) is 3.34. The van der Waals surface area contributed by atoms with Crippen molar-refractivity contribution in [3.05, 3.63) is 65.3 Å². The zero-order chi connectivity index (χ0) is 17.6. The standard InChI is InChI=1S/C19H17FN2O3/c1-11-5-6-17-15(21-11)9-18(25-17)19(24)22-10-14(23)8-16(22)12-3-2-4-13(20)7-12/h2-7,9,14,16,23H,8,10H2,1H3/t14-,16+/m0/s1. The Labute approximate surface area is 143 Å². The fourth-order valence-corrected chi connectivity index (χ4v) is 3.34. The van der Waals surface area contributed by atoms with Crippen LogP contribution in [0, 0.1) is 12.7 Å². The van der Waals surface area contributed by atoms with Gasteiger partial charge in [0.1, 0.15) is 11.3 Å². The number of aromatic nitrogens is 1. The van der Waals surface area contributed by atoms with Crippen molar-refractivity contribution >= 4 is 17.0 Å². The van der Waals surface area contributed by atoms with Crippen molar-refractivity contribution in [1.29, 1.82) is 0 Å². The summed E-state index contributed by atoms with van der Waals surface area (Å²) in [7, 11) is 0. The van der Waals surface area contributed by atoms with Crippen LogP contribution in [0.1, 0.15) is 34.3 Å². The summed E-state index contributed by atoms with van der Waals surface area (Å²) in [5.41, 5.74) is 2.65. The Morgan fingerprint density at radius 3 is 2.96 bits per heavy atom. The number of hydrogen-bond acceptors (Lipinski definition) is 4. The Morgan fingerprint density at radius 2 is 2.16 bits per heavy atom. The van der Waals surface area contributed by atoms with Crippen LogP contribution in [0.2, 0.25) is 0 Å². The van der Waals surface area contributed by atoms with Gasteiger partial charge in [0, 0.05) is 18.3 Å². The molecule has 5 nitrogen and oxygen atoms in total. The minimum Gasteiger partial charge on any atom is -0.449 e. The molecule has 3 aromatic rings. The van der Waals surface area contributed by atoms with E-state index in [2.05, 4.69) is 4.98 Å². The number of hydrogen-bond donors (Lipinski definition) is 1. The predicted octanol–water partition coefficient (Wildman–Crippen LogP) is 3.22. The van der Waals surface area contributed by atoms with Crippen molar-refractivity contribution in [3.8, 4) is 0 Å². The maximum absolute atomic E-state index is 13.6. The van der Waals surface area contributed by atoms with Gasteiger partial charge >= 0.3 is 0 Å². The van der Waals surface area contributed by atoms with Gasteiger partial charge in [-0.1, -0.05) is 12.1 Å². The van der Waals surface area contributed by atoms with Crippen molar-refractivity contribution in [3.63, 3.8) is 0 Å². The smallest absolute Gasteiger partial charge is 0.290 e. The van der Waals surface area contributed by atoms with Crippen LogP contribution >= 0.6 is 0 Å². The first-order chi connectivity index (χ1) is 12.0. The van der Waals surface area contributed by atoms with Crippen molar-refractivity contribution in [2.24, 2.45) is 0 Å². The Morgan fingerprint density at radius 1 is 1.32 bits per heavy atom. The van der Waals surface area contributed by atoms with Crippen LogP contribution in [0.15, 0.2) is 46.9 Å². The number of β-amino-alcohol motifs (C(OH)–C–C–N with tert-alkyl or cyclic N) is 1. The number of rotatable bonds is 2. The number of halogens is 1. The molecule has 1 aromatic carbocycles. The lowest BCUT2D eigenvalue weighted by atomic mass is 10.0. The molecular weight excluding hydrogens is 323 g/mol. The van der Waals surface area contributed by atoms with Gasteiger partial charge in [0.15, 0.2) is 11.3 Å². The molecular formula is C19H17FN2O3. The number of aryl methyl sites for hydroxylation is 1. The molecule has 0 saturated carbocycles. The summed E-state index contributed by atoms with van der Waals surface area (Å²) in [4.78, 5) is 18.8. The Hall–Kier alpha value is -2.73. The van der Waals surface area contributed by atoms with Crippen molar-refractivity contribution < 1.29 is 18.7 Å². The van der Waals surface area contributed by atoms with Crippen LogP contribution in [0.4, 0.5) is 4.39 Å². The van der Waals surface area contributed by atoms with Crippen LogP contribution in [0.25, 0.3) is 11.1 Å². The Kier molecular flexibility index (Phi) is 3.77. The van der Waals surface area contributed by atoms with Gasteiger partial charge in [0.2, 0.25) is 0 Å². The molecule has 0 spiro atoms. The third-order valence-electron chi connectivity index (χ3n) is 4.50. The number of nitrogens with zero attached hydrogens (tertiary/aromatic N) is 2. The molecule has 128 valence electrons. The fraction of sp³-hybridized carbons (Fsp3) is 0.263. The minimum atomic E-state index is -0.651. The molecule has 0 unspecified atom stereocenters. The van der Waals surface area contributed by atoms with Gasteiger partial charge < -0.3 is 14.4 Å². The number of furan rings is 1. The Bertz CT molecular complexity index is 953. The van der Waals surface area contributed by atoms with E-state index in [4.69, 9.17) is 4.42 Å². The second-order valence-corrected chi connectivity index (χ2v) is 6.36. The van der Waals surface area contributed by atoms with E-state index in [9.17, 15) is 14.3 Å². The quantitative estimate of drug-likeness (QED) is 0.778. The normalized spacial score (nSPS) is 20.4. The second-order valence-electron chi connectivity index (χ2n) is 6.36. The molecule has 0 bridgehead atoms. The number of pyridine rings is 1. The first-order valence-corrected chi connectivity index (χ1v) is 8.13. The Balaban J connectivity index is 1.69. The number of likely N-dealkylation sites (tertiary alicyclic amines) is 1. The molecule has 1 saturated heterocycles. The molecule has 0 aliphatic carbocycles. The largest absolute Gasteiger partial charge is 0.449 e. The molecule has 2 aromatic heterocycles. The van der Waals surface area contributed by atoms with Crippen LogP contribution in [0.5, 0.6) is 0 Å². The number of fused-ring (bicyclic) bond motifs is 1. The van der Waals surface area contributed by atoms with Gasteiger partial charge in [0.25, 0.3) is 5.91 Å². The average Bonchev–Trinajstić information content (AvgIpc) is 3.17. The minimum absolute atomic E-state index is 0.170. The molecule has 0 radical (unpaired) electrons. The molecule has 25 heavy (non-hydrogen) atoms. The molecule has 1 amide bonds. The van der Waals surface area contributed by atoms with Gasteiger partial charge in [-0.05, 0) is 43.2 Å². The summed E-state index contributed by atoms with van der Waals surface area (Å²) >= 11 is 0. The molecule has 3 heterocycles. The highest BCUT2D eigenvalue weighted by molar-refractivity contribution is 5.95. The van der Waals surface area contributed by atoms with Crippen molar-refractivity contribution in [1.82, 2.24) is 9.88 Å². The number of carbonyl (C=O) groups excluding carboxylic acids is 1. The van der Waals surface area contributed by atoms with Crippen molar-refractivity contribution in [2.45, 2.75) is 25.5 Å². The maximum Gasteiger partial charge on any atom is 0.290 e. The monoisotopic (exact) mass is 340 g/mol. The van der Waals surface area contributed by atoms with Crippen LogP contribution in [-0.2, 0) is 0 Å². The third kappa shape index (κ3) is 2.89. The number of carbonyl (C=O) groups is 1. The van der Waals surface area contributed by atoms with Gasteiger partial charge in [-0.2, -0.15) is 0 Å². The van der Waals surface area contributed by atoms with Gasteiger partial charge in [-0.3, -0.25) is 4.79 Å². The van der Waals surface area contributed by atoms with E-state index in [1.165, 1.54) is 17.0 Å². The molecule has 1 aliphatic rings. The summed E-state index contributed by atoms with van der Waals surface area (Å²) in [6.07, 6.45) is -0.283. The molecule has 1 N–H and O–H groups in total. The SMILES string of the molecule is Cc1ccc2oc(C(=O)N3C[C@@H](O)C[C@@H]3c3cccc(F)c3)cc2n1. The number of benzene rings is 1. The van der Waals surface area contributed by atoms with Crippen LogP contribution in [0.3, 0.4) is 0 Å². The highest BCUT2D eigenvalue weighted by Gasteiger charge is 2.37. The molecule has 1 fully saturated rings. The predicted molar refractivity (Wildman–Crippen MR) is 89.5 cm³/mol. The van der Waals surface area contributed by atoms with Crippen LogP contribution < -0.4 is 0 Å². The first kappa shape index (κ1) is 15.8. The number of aliphatic hydroxyl groups excluding tert-OH is 1. The lowest BCUT2D eigenvalue weighted by molar-refractivity contribution is 0.0686. The summed E-state index contributed by atoms with van der Waals surface area (Å²) in [6, 6.07) is 10.9. The molecule has 1 aliphatic heterocycles. The van der Waals surface area contributed by atoms with E-state index in [0.717, 1.165) is 5.69 Å². The lowest BCUT2D eigenvalue weighted by Crippen LogP contribution is -2.31. The average molecular weight is 340 g/mol. The summed E-state index contributed by atoms with van der Waals surface area (Å²) in [5, 5.41) is 10.0. The van der Waals surface area contributed by atoms with Crippen molar-refractivity contribution in [2.75, 3.05) is 6.54 Å². The summed E-state index contributed by atoms with van der Waals surface area (Å²) in [6.45, 7) is 2.05. The maximum atomic E-state index is 13.6. The molecule has 6 heteroatoms. The van der Waals surface area contributed by atoms with E-state index < -0.39 is 6.10 Å². The zero-order valence-corrected chi connectivity index (χ0v) is 13.6. The van der Waals surface area contributed by atoms with E-state index in [1.54, 1.807) is 24.3 Å². The third-order valence-corrected chi connectivity index (χ3v) is 4.50. The van der Waals surface area contributed by atoms with E-state index >= 15 is 0 Å². The topological polar surface area (TPSA) is 66.6 Å². The molecule has 2 atom stereocenters. The lowest BCUT2D eigenvalue weighted by Gasteiger charge is -2.23. The highest BCUT2D eigenvalue weighted by Crippen LogP contribution is 2.34. The first-order valence-electron chi connectivity index (χ1n) is 8.13. The highest BCUT2D eigenvalue weighted by atomic mass is 19.1. The van der Waals surface area contributed by atoms with E-state index in [1.807, 2.05) is 13.0 Å². The van der Waals surface area contributed by atoms with Gasteiger partial charge in [0.05, 0.1) is 12.1 Å². The van der Waals surface area contributed by atoms with Gasteiger partial charge in [-0.15, -0.1) is 0 Å². The summed E-state index contributed by atoms with van der Waals surface area (Å²) in [5.74, 6) is -0.528. The molecule has 4 rings (SSSR count). The second kappa shape index (κ2) is 5.97. The van der Waals surface area contributed by atoms with E-state index in [0.29, 0.717) is 23.1 Å². The van der Waals surface area contributed by atoms with Crippen LogP contribution in [-0.4, -0.2) is 33.5 Å². The van der Waals surface area contributed by atoms with E-state index in [-0.39, 0.29) is 30.1 Å². The zero-order valence-electron chi connectivity index (χ0n) is 13.6. The van der Waals surface area contributed by atoms with Gasteiger partial charge in [-0.25, -0.2) is 9.37 Å². The number of aliphatic hydroxyl groups is 1. The number of amides is 1.